The largest absolute Gasteiger partial charge is 0.397 e. The molecule has 1 amide bonds. The van der Waals surface area contributed by atoms with Gasteiger partial charge in [0, 0.05) is 22.3 Å². The van der Waals surface area contributed by atoms with E-state index in [1.165, 1.54) is 23.9 Å². The molecule has 4 N–H and O–H groups in total. The number of benzene rings is 3. The molecular formula is C25H18ClFN4OS2. The normalized spacial score (nSPS) is 11.1. The highest BCUT2D eigenvalue weighted by Crippen LogP contribution is 2.31. The van der Waals surface area contributed by atoms with Crippen LogP contribution in [-0.2, 0) is 5.75 Å². The third kappa shape index (κ3) is 4.79. The number of nitrogens with two attached hydrogens (primary N) is 1. The first-order chi connectivity index (χ1) is 16.5. The van der Waals surface area contributed by atoms with Crippen molar-refractivity contribution in [3.63, 3.8) is 0 Å². The van der Waals surface area contributed by atoms with E-state index in [2.05, 4.69) is 15.3 Å². The maximum Gasteiger partial charge on any atom is 0.255 e. The minimum atomic E-state index is -0.483. The van der Waals surface area contributed by atoms with Crippen LogP contribution in [0.3, 0.4) is 0 Å². The Morgan fingerprint density at radius 1 is 1.15 bits per heavy atom. The van der Waals surface area contributed by atoms with Crippen molar-refractivity contribution in [1.29, 1.82) is 0 Å². The van der Waals surface area contributed by atoms with Crippen LogP contribution in [0.4, 0.5) is 15.8 Å². The number of imidazole rings is 1. The number of amides is 1. The van der Waals surface area contributed by atoms with Gasteiger partial charge in [0.15, 0.2) is 5.16 Å². The molecule has 5 rings (SSSR count). The van der Waals surface area contributed by atoms with E-state index in [1.807, 2.05) is 41.8 Å². The van der Waals surface area contributed by atoms with Gasteiger partial charge in [0.25, 0.3) is 5.91 Å². The van der Waals surface area contributed by atoms with Gasteiger partial charge in [-0.1, -0.05) is 47.6 Å². The number of nitrogens with zero attached hydrogens (tertiary/aromatic N) is 1. The van der Waals surface area contributed by atoms with Gasteiger partial charge in [-0.25, -0.2) is 9.37 Å². The SMILES string of the molecule is Nc1ccc(-c2cccs2)cc1NC(=O)c1ccc(CSc2nc3cc(Cl)c(F)cc3[nH]2)cc1. The number of carbonyl (C=O) groups is 1. The molecule has 0 radical (unpaired) electrons. The van der Waals surface area contributed by atoms with E-state index in [0.717, 1.165) is 16.0 Å². The van der Waals surface area contributed by atoms with Crippen molar-refractivity contribution in [3.05, 3.63) is 94.1 Å². The molecule has 9 heteroatoms. The van der Waals surface area contributed by atoms with Gasteiger partial charge in [-0.05, 0) is 52.9 Å². The van der Waals surface area contributed by atoms with Gasteiger partial charge in [0.2, 0.25) is 0 Å². The highest BCUT2D eigenvalue weighted by Gasteiger charge is 2.11. The predicted octanol–water partition coefficient (Wildman–Crippen LogP) is 7.21. The van der Waals surface area contributed by atoms with Crippen molar-refractivity contribution in [1.82, 2.24) is 9.97 Å². The number of thiophene rings is 1. The smallest absolute Gasteiger partial charge is 0.255 e. The number of fused-ring (bicyclic) bond motifs is 1. The first-order valence-electron chi connectivity index (χ1n) is 10.3. The summed E-state index contributed by atoms with van der Waals surface area (Å²) in [5, 5.41) is 5.63. The number of aromatic amines is 1. The van der Waals surface area contributed by atoms with E-state index < -0.39 is 5.82 Å². The summed E-state index contributed by atoms with van der Waals surface area (Å²) in [5.41, 5.74) is 10.9. The molecule has 0 aliphatic heterocycles. The first-order valence-corrected chi connectivity index (χ1v) is 12.5. The van der Waals surface area contributed by atoms with Crippen LogP contribution in [0.1, 0.15) is 15.9 Å². The molecule has 0 atom stereocenters. The molecule has 0 fully saturated rings. The lowest BCUT2D eigenvalue weighted by Gasteiger charge is -2.10. The molecule has 34 heavy (non-hydrogen) atoms. The van der Waals surface area contributed by atoms with Crippen LogP contribution in [0.25, 0.3) is 21.5 Å². The summed E-state index contributed by atoms with van der Waals surface area (Å²) in [5.74, 6) is -0.0815. The first kappa shape index (κ1) is 22.5. The maximum absolute atomic E-state index is 13.6. The Hall–Kier alpha value is -3.33. The monoisotopic (exact) mass is 508 g/mol. The Morgan fingerprint density at radius 3 is 2.74 bits per heavy atom. The fraction of sp³-hybridized carbons (Fsp3) is 0.0400. The number of anilines is 2. The van der Waals surface area contributed by atoms with Crippen LogP contribution in [-0.4, -0.2) is 15.9 Å². The van der Waals surface area contributed by atoms with Crippen LogP contribution >= 0.6 is 34.7 Å². The molecular weight excluding hydrogens is 491 g/mol. The minimum Gasteiger partial charge on any atom is -0.397 e. The second kappa shape index (κ2) is 9.50. The standard InChI is InChI=1S/C25H18ClFN4OS2/c26-17-11-21-22(12-18(17)27)31-25(30-21)34-13-14-3-5-15(6-4-14)24(32)29-20-10-16(7-8-19(20)28)23-2-1-9-33-23/h1-12H,13,28H2,(H,29,32)(H,30,31). The molecule has 3 aromatic carbocycles. The van der Waals surface area contributed by atoms with E-state index >= 15 is 0 Å². The Labute approximate surface area is 208 Å². The molecule has 0 aliphatic carbocycles. The van der Waals surface area contributed by atoms with Crippen molar-refractivity contribution in [2.24, 2.45) is 0 Å². The highest BCUT2D eigenvalue weighted by atomic mass is 35.5. The zero-order valence-electron chi connectivity index (χ0n) is 17.6. The fourth-order valence-electron chi connectivity index (χ4n) is 3.41. The number of thioether (sulfide) groups is 1. The van der Waals surface area contributed by atoms with Gasteiger partial charge in [-0.15, -0.1) is 11.3 Å². The predicted molar refractivity (Wildman–Crippen MR) is 139 cm³/mol. The molecule has 2 heterocycles. The number of carbonyl (C=O) groups excluding carboxylic acids is 1. The summed E-state index contributed by atoms with van der Waals surface area (Å²) in [6.07, 6.45) is 0. The van der Waals surface area contributed by atoms with Gasteiger partial charge in [-0.2, -0.15) is 0 Å². The summed E-state index contributed by atoms with van der Waals surface area (Å²) >= 11 is 8.94. The Morgan fingerprint density at radius 2 is 1.97 bits per heavy atom. The zero-order chi connectivity index (χ0) is 23.7. The van der Waals surface area contributed by atoms with Crippen LogP contribution in [0.2, 0.25) is 5.02 Å². The third-order valence-corrected chi connectivity index (χ3v) is 7.35. The number of nitrogens with one attached hydrogen (secondary N) is 2. The molecule has 0 saturated heterocycles. The van der Waals surface area contributed by atoms with E-state index in [9.17, 15) is 9.18 Å². The number of halogens is 2. The van der Waals surface area contributed by atoms with E-state index in [1.54, 1.807) is 29.5 Å². The lowest BCUT2D eigenvalue weighted by atomic mass is 10.1. The van der Waals surface area contributed by atoms with E-state index in [-0.39, 0.29) is 10.9 Å². The second-order valence-electron chi connectivity index (χ2n) is 7.54. The number of rotatable bonds is 6. The minimum absolute atomic E-state index is 0.0458. The number of hydrogen-bond donors (Lipinski definition) is 3. The number of hydrogen-bond acceptors (Lipinski definition) is 5. The summed E-state index contributed by atoms with van der Waals surface area (Å²) in [7, 11) is 0. The van der Waals surface area contributed by atoms with Gasteiger partial charge >= 0.3 is 0 Å². The third-order valence-electron chi connectivity index (χ3n) is 5.20. The zero-order valence-corrected chi connectivity index (χ0v) is 20.0. The average molecular weight is 509 g/mol. The van der Waals surface area contributed by atoms with E-state index in [4.69, 9.17) is 17.3 Å². The van der Waals surface area contributed by atoms with Crippen molar-refractivity contribution in [3.8, 4) is 10.4 Å². The quantitative estimate of drug-likeness (QED) is 0.167. The van der Waals surface area contributed by atoms with Crippen LogP contribution in [0.15, 0.2) is 77.3 Å². The topological polar surface area (TPSA) is 83.8 Å². The summed E-state index contributed by atoms with van der Waals surface area (Å²) in [6, 6.07) is 19.8. The number of H-pyrrole nitrogens is 1. The molecule has 0 saturated carbocycles. The van der Waals surface area contributed by atoms with Crippen molar-refractivity contribution >= 4 is 63.0 Å². The lowest BCUT2D eigenvalue weighted by molar-refractivity contribution is 0.102. The molecule has 0 spiro atoms. The van der Waals surface area contributed by atoms with Crippen LogP contribution in [0, 0.1) is 5.82 Å². The average Bonchev–Trinajstić information content (AvgIpc) is 3.50. The molecule has 5 nitrogen and oxygen atoms in total. The summed E-state index contributed by atoms with van der Waals surface area (Å²) in [6.45, 7) is 0. The molecule has 5 aromatic rings. The van der Waals surface area contributed by atoms with Crippen molar-refractivity contribution < 1.29 is 9.18 Å². The van der Waals surface area contributed by atoms with Gasteiger partial charge in [0.1, 0.15) is 5.82 Å². The number of aromatic nitrogens is 2. The second-order valence-corrected chi connectivity index (χ2v) is 9.86. The Kier molecular flexibility index (Phi) is 6.28. The lowest BCUT2D eigenvalue weighted by Crippen LogP contribution is -2.13. The Balaban J connectivity index is 1.24. The van der Waals surface area contributed by atoms with Crippen LogP contribution < -0.4 is 11.1 Å². The van der Waals surface area contributed by atoms with E-state index in [0.29, 0.717) is 38.9 Å². The molecule has 2 aromatic heterocycles. The summed E-state index contributed by atoms with van der Waals surface area (Å²) in [4.78, 5) is 21.4. The van der Waals surface area contributed by atoms with Gasteiger partial charge in [0.05, 0.1) is 27.4 Å². The van der Waals surface area contributed by atoms with Gasteiger partial charge < -0.3 is 16.0 Å². The fourth-order valence-corrected chi connectivity index (χ4v) is 5.13. The van der Waals surface area contributed by atoms with Crippen molar-refractivity contribution in [2.75, 3.05) is 11.1 Å². The van der Waals surface area contributed by atoms with Gasteiger partial charge in [-0.3, -0.25) is 4.79 Å². The Bertz CT molecular complexity index is 1440. The highest BCUT2D eigenvalue weighted by molar-refractivity contribution is 7.98. The molecule has 0 aliphatic rings. The van der Waals surface area contributed by atoms with Crippen molar-refractivity contribution in [2.45, 2.75) is 10.9 Å². The maximum atomic E-state index is 13.6. The molecule has 0 bridgehead atoms. The van der Waals surface area contributed by atoms with Crippen LogP contribution in [0.5, 0.6) is 0 Å². The number of nitrogen functional groups attached to an aromatic ring is 1. The summed E-state index contributed by atoms with van der Waals surface area (Å²) < 4.78 is 13.6. The molecule has 170 valence electrons. The molecule has 0 unspecified atom stereocenters.